The Balaban J connectivity index is 1.01. The number of benzene rings is 6. The molecule has 0 aliphatic carbocycles. The van der Waals surface area contributed by atoms with Crippen LogP contribution in [0.3, 0.4) is 0 Å². The Bertz CT molecular complexity index is 5120. The third-order valence-electron chi connectivity index (χ3n) is 22.6. The summed E-state index contributed by atoms with van der Waals surface area (Å²) in [6, 6.07) is 11.4. The van der Waals surface area contributed by atoms with Crippen LogP contribution in [0.5, 0.6) is 51.7 Å². The van der Waals surface area contributed by atoms with E-state index in [9.17, 15) is 73.6 Å². The number of nitrogens with one attached hydrogen (secondary N) is 6. The number of aliphatic hydroxyl groups is 6. The van der Waals surface area contributed by atoms with E-state index in [0.717, 1.165) is 79.9 Å². The number of ketones is 2. The second-order valence-electron chi connectivity index (χ2n) is 32.7. The molecule has 0 radical (unpaired) electrons. The van der Waals surface area contributed by atoms with Gasteiger partial charge in [-0.3, -0.25) is 33.6 Å². The summed E-state index contributed by atoms with van der Waals surface area (Å²) in [5, 5.41) is 118. The molecule has 6 aromatic carbocycles. The first-order valence-electron chi connectivity index (χ1n) is 41.5. The number of halogens is 2. The van der Waals surface area contributed by atoms with E-state index in [4.69, 9.17) is 72.6 Å². The Morgan fingerprint density at radius 3 is 1.96 bits per heavy atom. The van der Waals surface area contributed by atoms with Gasteiger partial charge in [0.15, 0.2) is 41.5 Å². The first kappa shape index (κ1) is 96.3. The van der Waals surface area contributed by atoms with Gasteiger partial charge in [-0.15, -0.1) is 0 Å². The van der Waals surface area contributed by atoms with Gasteiger partial charge in [-0.25, -0.2) is 22.7 Å². The van der Waals surface area contributed by atoms with Gasteiger partial charge in [-0.05, 0) is 153 Å². The predicted molar refractivity (Wildman–Crippen MR) is 450 cm³/mol. The zero-order chi connectivity index (χ0) is 91.5. The number of carboxylic acid groups (broad SMARTS) is 1. The average Bonchev–Trinajstić information content (AvgIpc) is 0.767. The quantitative estimate of drug-likeness (QED) is 0.0219. The van der Waals surface area contributed by atoms with E-state index in [1.54, 1.807) is 19.1 Å². The van der Waals surface area contributed by atoms with Crippen molar-refractivity contribution in [2.45, 2.75) is 227 Å². The Hall–Kier alpha value is -10.4. The summed E-state index contributed by atoms with van der Waals surface area (Å²) in [7, 11) is -3.84. The Morgan fingerprint density at radius 1 is 0.698 bits per heavy atom. The molecule has 6 amide bonds. The largest absolute Gasteiger partial charge is 0.507 e. The minimum Gasteiger partial charge on any atom is -0.507 e. The number of aromatic hydroxyl groups is 2. The summed E-state index contributed by atoms with van der Waals surface area (Å²) in [5.74, 6) is -18.9. The van der Waals surface area contributed by atoms with Crippen molar-refractivity contribution in [3.63, 3.8) is 0 Å². The Morgan fingerprint density at radius 2 is 1.35 bits per heavy atom. The number of carboxylic acids is 1. The first-order chi connectivity index (χ1) is 59.8. The van der Waals surface area contributed by atoms with Crippen molar-refractivity contribution in [1.82, 2.24) is 31.3 Å². The molecule has 0 aromatic heterocycles. The zero-order valence-electron chi connectivity index (χ0n) is 69.8. The molecule has 19 N–H and O–H groups in total. The maximum Gasteiger partial charge on any atom is 0.412 e. The van der Waals surface area contributed by atoms with Crippen LogP contribution >= 0.6 is 23.2 Å². The topological polar surface area (TPSA) is 568 Å². The Labute approximate surface area is 735 Å². The minimum atomic E-state index is -3.84. The molecule has 126 heavy (non-hydrogen) atoms. The number of primary amides is 1. The van der Waals surface area contributed by atoms with Crippen LogP contribution in [0, 0.1) is 17.8 Å². The highest BCUT2D eigenvalue weighted by atomic mass is 35.5. The van der Waals surface area contributed by atoms with Crippen molar-refractivity contribution in [1.29, 1.82) is 0 Å². The lowest BCUT2D eigenvalue weighted by molar-refractivity contribution is -0.333. The normalized spacial score (nSPS) is 26.1. The third-order valence-corrected chi connectivity index (χ3v) is 24.7. The minimum absolute atomic E-state index is 0.00188. The molecule has 7 heterocycles. The number of rotatable bonds is 28. The molecular weight excluding hydrogens is 1710 g/mol. The van der Waals surface area contributed by atoms with E-state index in [2.05, 4.69) is 38.2 Å². The molecule has 11 bridgehead atoms. The molecule has 0 spiro atoms. The van der Waals surface area contributed by atoms with Crippen LogP contribution in [0.15, 0.2) is 108 Å². The molecule has 0 saturated carbocycles. The van der Waals surface area contributed by atoms with E-state index in [1.165, 1.54) is 44.2 Å². The fourth-order valence-electron chi connectivity index (χ4n) is 15.8. The SMILES string of the molecule is CCCCCOc1ccc(S(=O)(=O)NCCCCCCNC(=O)Oc2cc(O)c3c(c2)[C@@H](C(=O)O)NC(=O)[C@H]2NC(=O)[C@H](CC(=O)[C@@H]4NC(=O)[C@H](CC(N)=O)CC(=O)[C@H](NC(=O)[C@H](CC)CC(C)C)[C@H](O)c5ccc(c(Cl)c5)Oc5cc4cc(c5O[C@@H]4O[C@H](CO)[C@@H](O)[C@H](O)[C@H]4O[C@H]4C[C@](C)(N)[C@H](O)[C@H](C)O4)Oc4ccc(cc4Cl)[C@H]2O)c2ccc(O)c-3c2)cc1. The highest BCUT2D eigenvalue weighted by molar-refractivity contribution is 7.89. The van der Waals surface area contributed by atoms with Gasteiger partial charge in [0.25, 0.3) is 0 Å². The average molecular weight is 1810 g/mol. The number of hydrogen-bond acceptors (Lipinski definition) is 28. The predicted octanol–water partition coefficient (Wildman–Crippen LogP) is 7.01. The van der Waals surface area contributed by atoms with Gasteiger partial charge in [0.1, 0.15) is 83.1 Å². The van der Waals surface area contributed by atoms with Crippen LogP contribution in [0.25, 0.3) is 11.1 Å². The lowest BCUT2D eigenvalue weighted by atomic mass is 9.84. The van der Waals surface area contributed by atoms with Crippen LogP contribution in [-0.2, 0) is 62.6 Å². The molecule has 2 fully saturated rings. The highest BCUT2D eigenvalue weighted by Gasteiger charge is 2.52. The van der Waals surface area contributed by atoms with Crippen LogP contribution < -0.4 is 66.5 Å². The van der Waals surface area contributed by atoms with E-state index in [0.29, 0.717) is 44.5 Å². The molecule has 18 atom stereocenters. The van der Waals surface area contributed by atoms with Gasteiger partial charge in [-0.2, -0.15) is 0 Å². The standard InChI is InChI=1S/C87H106Cl2N8O28S/c1-7-9-14-27-118-49-18-20-51(21-19-49)126(116,117)93-26-13-11-10-12-25-92-86(115)120-50-36-54-68(58(100)37-50)53-29-44(15-22-57(53)99)52-38-60(102)69-47-33-63(121-61-23-16-45(30-55(61)88)73(104)71(96-80(109)43(8-2)28-41(3)4)59(101)32-48(35-66(90)103)81(110)94-69)77(125-85-78(76(107)75(106)65(40-98)123-85)124-67-39-87(6,91)79(108)42(5)119-67)64(34-47)122-62-24-17-46(31-56(62)89)74(105)72(97-82(52)111)83(112)95-70(54)84(113)114/h15-24,29-31,33-34,36-37,41-43,48,52,65,67,69-76,78-79,85,93,98-100,104-108H,7-14,25-28,32,35,38-40,91H2,1-6H3,(H2,90,103)(H,92,115)(H,94,110)(H,95,112)(H,96,109)(H,97,111)(H,113,114)/t42-,43+,48-,52+,65+,67-,69+,70-,71-,72-,73+,74+,75+,76-,78+,79+,85-,87-/m0/s1. The number of unbranched alkanes of at least 4 members (excludes halogenated alkanes) is 5. The fourth-order valence-corrected chi connectivity index (χ4v) is 17.3. The van der Waals surface area contributed by atoms with E-state index in [1.807, 2.05) is 13.8 Å². The summed E-state index contributed by atoms with van der Waals surface area (Å²) in [6.45, 7) is 10.2. The number of nitrogens with two attached hydrogens (primary N) is 2. The molecule has 2 saturated heterocycles. The highest BCUT2D eigenvalue weighted by Crippen LogP contribution is 2.51. The second kappa shape index (κ2) is 42.0. The van der Waals surface area contributed by atoms with Crippen LogP contribution in [0.4, 0.5) is 4.79 Å². The van der Waals surface area contributed by atoms with Gasteiger partial charge in [-0.1, -0.05) is 94.8 Å². The monoisotopic (exact) mass is 1810 g/mol. The first-order valence-corrected chi connectivity index (χ1v) is 43.7. The second-order valence-corrected chi connectivity index (χ2v) is 35.3. The van der Waals surface area contributed by atoms with Crippen LogP contribution in [0.1, 0.15) is 183 Å². The van der Waals surface area contributed by atoms with Crippen molar-refractivity contribution in [2.75, 3.05) is 26.3 Å². The van der Waals surface area contributed by atoms with Gasteiger partial charge in [0.2, 0.25) is 51.6 Å². The number of sulfonamides is 1. The molecule has 0 unspecified atom stereocenters. The van der Waals surface area contributed by atoms with Gasteiger partial charge in [0, 0.05) is 73.0 Å². The molecule has 7 aliphatic heterocycles. The maximum atomic E-state index is 16.4. The lowest BCUT2D eigenvalue weighted by Crippen LogP contribution is -2.64. The number of phenols is 2. The number of hydrogen-bond donors (Lipinski definition) is 17. The molecule has 36 nitrogen and oxygen atoms in total. The number of carbonyl (C=O) groups is 9. The molecule has 6 aromatic rings. The van der Waals surface area contributed by atoms with Crippen molar-refractivity contribution in [2.24, 2.45) is 29.2 Å². The number of amides is 6. The molecule has 39 heteroatoms. The summed E-state index contributed by atoms with van der Waals surface area (Å²) < 4.78 is 78.7. The van der Waals surface area contributed by atoms with Crippen molar-refractivity contribution >= 4 is 86.4 Å². The lowest BCUT2D eigenvalue weighted by Gasteiger charge is -2.47. The number of ether oxygens (including phenoxy) is 8. The maximum absolute atomic E-state index is 16.4. The number of phenolic OH excluding ortho intramolecular Hbond substituents is 2. The van der Waals surface area contributed by atoms with Crippen molar-refractivity contribution < 1.29 is 135 Å². The Kier molecular flexibility index (Phi) is 32.1. The number of aliphatic hydroxyl groups excluding tert-OH is 6. The molecule has 682 valence electrons. The molecule has 13 rings (SSSR count). The van der Waals surface area contributed by atoms with E-state index >= 15 is 24.0 Å². The van der Waals surface area contributed by atoms with Crippen LogP contribution in [-0.4, -0.2) is 201 Å². The zero-order valence-corrected chi connectivity index (χ0v) is 72.2. The van der Waals surface area contributed by atoms with Crippen LogP contribution in [0.2, 0.25) is 10.0 Å². The summed E-state index contributed by atoms with van der Waals surface area (Å²) >= 11 is 14.3. The summed E-state index contributed by atoms with van der Waals surface area (Å²) in [4.78, 5) is 133. The van der Waals surface area contributed by atoms with E-state index < -0.39 is 265 Å². The summed E-state index contributed by atoms with van der Waals surface area (Å²) in [6.07, 6.45) is -16.7. The van der Waals surface area contributed by atoms with Crippen molar-refractivity contribution in [3.05, 3.63) is 141 Å². The van der Waals surface area contributed by atoms with Crippen molar-refractivity contribution in [3.8, 4) is 62.9 Å². The van der Waals surface area contributed by atoms with Gasteiger partial charge < -0.3 is 122 Å². The summed E-state index contributed by atoms with van der Waals surface area (Å²) in [5.41, 5.74) is 8.26. The number of aliphatic carboxylic acids is 1. The number of fused-ring (bicyclic) bond motifs is 15. The van der Waals surface area contributed by atoms with E-state index in [-0.39, 0.29) is 64.2 Å². The third kappa shape index (κ3) is 23.1. The molecule has 7 aliphatic rings. The smallest absolute Gasteiger partial charge is 0.412 e. The van der Waals surface area contributed by atoms with Gasteiger partial charge >= 0.3 is 12.1 Å². The number of carbonyl (C=O) groups excluding carboxylic acids is 8. The van der Waals surface area contributed by atoms with Gasteiger partial charge in [0.05, 0.1) is 52.2 Å². The number of Topliss-reactive ketones (excluding diaryl/α,β-unsaturated/α-hetero) is 2. The fraction of sp³-hybridized carbons (Fsp3) is 0.483. The molecular formula is C87H106Cl2N8O28S.